The van der Waals surface area contributed by atoms with E-state index < -0.39 is 0 Å². The van der Waals surface area contributed by atoms with Crippen molar-refractivity contribution in [2.45, 2.75) is 19.4 Å². The number of carbonyl (C=O) groups is 1. The highest BCUT2D eigenvalue weighted by molar-refractivity contribution is 7.99. The van der Waals surface area contributed by atoms with Crippen molar-refractivity contribution in [2.75, 3.05) is 23.4 Å². The van der Waals surface area contributed by atoms with E-state index in [1.54, 1.807) is 19.1 Å². The average molecular weight is 283 g/mol. The van der Waals surface area contributed by atoms with Gasteiger partial charge < -0.3 is 10.1 Å². The minimum absolute atomic E-state index is 0.223. The van der Waals surface area contributed by atoms with Gasteiger partial charge in [0.05, 0.1) is 6.61 Å². The molecular formula is C14H18FNO2S. The molecule has 5 heteroatoms. The first-order valence-corrected chi connectivity index (χ1v) is 7.62. The molecule has 1 N–H and O–H groups in total. The fourth-order valence-corrected chi connectivity index (χ4v) is 3.44. The number of halogens is 1. The van der Waals surface area contributed by atoms with Crippen LogP contribution in [0.2, 0.25) is 0 Å². The first-order valence-electron chi connectivity index (χ1n) is 6.47. The van der Waals surface area contributed by atoms with Gasteiger partial charge in [-0.2, -0.15) is 11.8 Å². The molecule has 2 rings (SSSR count). The molecule has 3 nitrogen and oxygen atoms in total. The van der Waals surface area contributed by atoms with E-state index in [0.29, 0.717) is 6.61 Å². The Morgan fingerprint density at radius 3 is 2.84 bits per heavy atom. The lowest BCUT2D eigenvalue weighted by Gasteiger charge is -2.23. The van der Waals surface area contributed by atoms with Crippen molar-refractivity contribution in [1.82, 2.24) is 0 Å². The predicted octanol–water partition coefficient (Wildman–Crippen LogP) is 2.92. The summed E-state index contributed by atoms with van der Waals surface area (Å²) in [5.41, 5.74) is 0.747. The summed E-state index contributed by atoms with van der Waals surface area (Å²) in [4.78, 5) is 12.0. The molecule has 2 atom stereocenters. The molecular weight excluding hydrogens is 265 g/mol. The quantitative estimate of drug-likeness (QED) is 0.843. The fourth-order valence-electron chi connectivity index (χ4n) is 2.14. The van der Waals surface area contributed by atoms with Gasteiger partial charge in [-0.3, -0.25) is 0 Å². The van der Waals surface area contributed by atoms with Crippen molar-refractivity contribution < 1.29 is 13.9 Å². The van der Waals surface area contributed by atoms with Crippen molar-refractivity contribution in [3.05, 3.63) is 30.1 Å². The van der Waals surface area contributed by atoms with Crippen LogP contribution in [0.5, 0.6) is 0 Å². The monoisotopic (exact) mass is 283 g/mol. The van der Waals surface area contributed by atoms with Crippen LogP contribution in [0.15, 0.2) is 24.3 Å². The lowest BCUT2D eigenvalue weighted by atomic mass is 9.99. The smallest absolute Gasteiger partial charge is 0.328 e. The van der Waals surface area contributed by atoms with Crippen LogP contribution < -0.4 is 5.32 Å². The zero-order valence-corrected chi connectivity index (χ0v) is 11.7. The molecule has 19 heavy (non-hydrogen) atoms. The second-order valence-electron chi connectivity index (χ2n) is 4.50. The number of anilines is 1. The van der Waals surface area contributed by atoms with E-state index in [4.69, 9.17) is 4.74 Å². The Bertz CT molecular complexity index is 418. The summed E-state index contributed by atoms with van der Waals surface area (Å²) in [5.74, 6) is 1.80. The molecule has 0 amide bonds. The third-order valence-corrected chi connectivity index (χ3v) is 4.33. The fraction of sp³-hybridized carbons (Fsp3) is 0.500. The van der Waals surface area contributed by atoms with Crippen molar-refractivity contribution in [3.63, 3.8) is 0 Å². The zero-order chi connectivity index (χ0) is 13.7. The van der Waals surface area contributed by atoms with Crippen molar-refractivity contribution in [1.29, 1.82) is 0 Å². The van der Waals surface area contributed by atoms with Gasteiger partial charge in [0.25, 0.3) is 0 Å². The summed E-state index contributed by atoms with van der Waals surface area (Å²) in [5, 5.41) is 3.18. The van der Waals surface area contributed by atoms with Crippen LogP contribution in [0, 0.1) is 11.7 Å². The minimum Gasteiger partial charge on any atom is -0.464 e. The van der Waals surface area contributed by atoms with Crippen LogP contribution in [0.4, 0.5) is 10.1 Å². The Labute approximate surface area is 116 Å². The highest BCUT2D eigenvalue weighted by atomic mass is 32.2. The molecule has 0 saturated carbocycles. The van der Waals surface area contributed by atoms with Gasteiger partial charge in [-0.25, -0.2) is 9.18 Å². The summed E-state index contributed by atoms with van der Waals surface area (Å²) < 4.78 is 18.0. The summed E-state index contributed by atoms with van der Waals surface area (Å²) >= 11 is 1.85. The van der Waals surface area contributed by atoms with Crippen LogP contribution in [0.1, 0.15) is 13.3 Å². The normalized spacial score (nSPS) is 20.0. The molecule has 1 aliphatic rings. The Kier molecular flexibility index (Phi) is 5.07. The van der Waals surface area contributed by atoms with Gasteiger partial charge in [0.1, 0.15) is 11.9 Å². The second-order valence-corrected chi connectivity index (χ2v) is 5.65. The van der Waals surface area contributed by atoms with E-state index in [2.05, 4.69) is 5.32 Å². The van der Waals surface area contributed by atoms with Crippen LogP contribution in [-0.2, 0) is 9.53 Å². The molecule has 104 valence electrons. The number of hydrogen-bond donors (Lipinski definition) is 1. The lowest BCUT2D eigenvalue weighted by molar-refractivity contribution is -0.145. The Hall–Kier alpha value is -1.23. The molecule has 0 bridgehead atoms. The Morgan fingerprint density at radius 1 is 1.53 bits per heavy atom. The molecule has 1 aliphatic heterocycles. The van der Waals surface area contributed by atoms with E-state index >= 15 is 0 Å². The van der Waals surface area contributed by atoms with E-state index in [1.165, 1.54) is 12.1 Å². The Balaban J connectivity index is 2.08. The summed E-state index contributed by atoms with van der Waals surface area (Å²) in [6, 6.07) is 5.70. The van der Waals surface area contributed by atoms with E-state index in [9.17, 15) is 9.18 Å². The first-order chi connectivity index (χ1) is 9.20. The molecule has 1 fully saturated rings. The van der Waals surface area contributed by atoms with Gasteiger partial charge in [0, 0.05) is 5.69 Å². The maximum atomic E-state index is 12.9. The zero-order valence-electron chi connectivity index (χ0n) is 10.9. The molecule has 0 aliphatic carbocycles. The van der Waals surface area contributed by atoms with Crippen LogP contribution >= 0.6 is 11.8 Å². The van der Waals surface area contributed by atoms with Gasteiger partial charge in [0.2, 0.25) is 0 Å². The molecule has 1 heterocycles. The maximum absolute atomic E-state index is 12.9. The highest BCUT2D eigenvalue weighted by Crippen LogP contribution is 2.28. The third kappa shape index (κ3) is 3.86. The number of esters is 1. The molecule has 0 radical (unpaired) electrons. The van der Waals surface area contributed by atoms with Crippen LogP contribution in [0.3, 0.4) is 0 Å². The standard InChI is InChI=1S/C14H18FNO2S/c1-2-18-14(17)13(10-7-8-19-9-10)16-12-5-3-11(15)4-6-12/h3-6,10,13,16H,2,7-9H2,1H3. The average Bonchev–Trinajstić information content (AvgIpc) is 2.92. The van der Waals surface area contributed by atoms with Gasteiger partial charge in [0.15, 0.2) is 0 Å². The molecule has 1 saturated heterocycles. The first kappa shape index (κ1) is 14.2. The lowest BCUT2D eigenvalue weighted by Crippen LogP contribution is -2.38. The molecule has 0 aromatic heterocycles. The van der Waals surface area contributed by atoms with E-state index in [-0.39, 0.29) is 23.7 Å². The van der Waals surface area contributed by atoms with E-state index in [1.807, 2.05) is 11.8 Å². The van der Waals surface area contributed by atoms with Crippen molar-refractivity contribution >= 4 is 23.4 Å². The van der Waals surface area contributed by atoms with Gasteiger partial charge in [-0.05, 0) is 55.0 Å². The summed E-state index contributed by atoms with van der Waals surface area (Å²) in [7, 11) is 0. The SMILES string of the molecule is CCOC(=O)C(Nc1ccc(F)cc1)C1CCSC1. The Morgan fingerprint density at radius 2 is 2.26 bits per heavy atom. The van der Waals surface area contributed by atoms with Gasteiger partial charge in [-0.1, -0.05) is 0 Å². The highest BCUT2D eigenvalue weighted by Gasteiger charge is 2.32. The van der Waals surface area contributed by atoms with Crippen LogP contribution in [-0.4, -0.2) is 30.1 Å². The molecule has 1 aromatic rings. The van der Waals surface area contributed by atoms with Crippen molar-refractivity contribution in [3.8, 4) is 0 Å². The topological polar surface area (TPSA) is 38.3 Å². The third-order valence-electron chi connectivity index (χ3n) is 3.14. The summed E-state index contributed by atoms with van der Waals surface area (Å²) in [6.45, 7) is 2.18. The number of ether oxygens (including phenoxy) is 1. The molecule has 2 unspecified atom stereocenters. The number of benzene rings is 1. The molecule has 0 spiro atoms. The maximum Gasteiger partial charge on any atom is 0.328 e. The van der Waals surface area contributed by atoms with Gasteiger partial charge in [-0.15, -0.1) is 0 Å². The second kappa shape index (κ2) is 6.80. The number of carbonyl (C=O) groups excluding carboxylic acids is 1. The summed E-state index contributed by atoms with van der Waals surface area (Å²) in [6.07, 6.45) is 1.00. The number of thioether (sulfide) groups is 1. The van der Waals surface area contributed by atoms with Gasteiger partial charge >= 0.3 is 5.97 Å². The van der Waals surface area contributed by atoms with Crippen LogP contribution in [0.25, 0.3) is 0 Å². The largest absolute Gasteiger partial charge is 0.464 e. The predicted molar refractivity (Wildman–Crippen MR) is 75.9 cm³/mol. The van der Waals surface area contributed by atoms with Crippen molar-refractivity contribution in [2.24, 2.45) is 5.92 Å². The van der Waals surface area contributed by atoms with E-state index in [0.717, 1.165) is 23.6 Å². The number of nitrogens with one attached hydrogen (secondary N) is 1. The number of rotatable bonds is 5. The number of hydrogen-bond acceptors (Lipinski definition) is 4. The minimum atomic E-state index is -0.347. The molecule has 1 aromatic carbocycles.